The summed E-state index contributed by atoms with van der Waals surface area (Å²) < 4.78 is 5.34. The molecule has 152 valence electrons. The van der Waals surface area contributed by atoms with Gasteiger partial charge in [0.1, 0.15) is 5.75 Å². The van der Waals surface area contributed by atoms with Crippen LogP contribution in [-0.2, 0) is 11.2 Å². The van der Waals surface area contributed by atoms with Gasteiger partial charge < -0.3 is 9.64 Å². The lowest BCUT2D eigenvalue weighted by atomic mass is 9.75. The highest BCUT2D eigenvalue weighted by atomic mass is 16.5. The summed E-state index contributed by atoms with van der Waals surface area (Å²) in [7, 11) is 1.70. The van der Waals surface area contributed by atoms with Crippen LogP contribution in [0.1, 0.15) is 36.3 Å². The van der Waals surface area contributed by atoms with Crippen molar-refractivity contribution in [1.29, 1.82) is 0 Å². The molecule has 0 radical (unpaired) electrons. The number of rotatable bonds is 5. The summed E-state index contributed by atoms with van der Waals surface area (Å²) in [5.74, 6) is 2.22. The summed E-state index contributed by atoms with van der Waals surface area (Å²) in [4.78, 5) is 22.3. The number of ether oxygens (including phenoxy) is 1. The molecular formula is C24H29N3O2. The molecule has 3 atom stereocenters. The molecule has 0 spiro atoms. The van der Waals surface area contributed by atoms with E-state index in [9.17, 15) is 4.79 Å². The van der Waals surface area contributed by atoms with Gasteiger partial charge in [0.05, 0.1) is 13.2 Å². The van der Waals surface area contributed by atoms with E-state index in [-0.39, 0.29) is 0 Å². The molecule has 29 heavy (non-hydrogen) atoms. The number of amides is 1. The van der Waals surface area contributed by atoms with Gasteiger partial charge in [-0.15, -0.1) is 0 Å². The highest BCUT2D eigenvalue weighted by molar-refractivity contribution is 5.77. The SMILES string of the molecule is COc1ccc([C@@H]2CN(C(=O)CCc3cccnc3)[C@@H]3C4CCN(CC4)[C@@H]32)cc1. The Balaban J connectivity index is 1.38. The van der Waals surface area contributed by atoms with Gasteiger partial charge in [-0.2, -0.15) is 0 Å². The first-order valence-electron chi connectivity index (χ1n) is 10.8. The number of fused-ring (bicyclic) bond motifs is 2. The Morgan fingerprint density at radius 3 is 2.62 bits per heavy atom. The third-order valence-electron chi connectivity index (χ3n) is 7.21. The van der Waals surface area contributed by atoms with Crippen LogP contribution in [0.25, 0.3) is 0 Å². The molecule has 1 aromatic carbocycles. The maximum atomic E-state index is 13.3. The van der Waals surface area contributed by atoms with Crippen LogP contribution in [0, 0.1) is 5.92 Å². The summed E-state index contributed by atoms with van der Waals surface area (Å²) in [6.45, 7) is 3.19. The average Bonchev–Trinajstić information content (AvgIpc) is 3.22. The fourth-order valence-corrected chi connectivity index (χ4v) is 5.79. The van der Waals surface area contributed by atoms with Crippen molar-refractivity contribution in [2.24, 2.45) is 5.92 Å². The molecule has 4 fully saturated rings. The van der Waals surface area contributed by atoms with Crippen LogP contribution in [0.4, 0.5) is 0 Å². The maximum absolute atomic E-state index is 13.3. The minimum absolute atomic E-state index is 0.300. The largest absolute Gasteiger partial charge is 0.497 e. The molecule has 5 heterocycles. The summed E-state index contributed by atoms with van der Waals surface area (Å²) in [6.07, 6.45) is 7.43. The van der Waals surface area contributed by atoms with Crippen molar-refractivity contribution in [3.8, 4) is 5.75 Å². The van der Waals surface area contributed by atoms with Crippen LogP contribution in [0.5, 0.6) is 5.75 Å². The molecule has 2 bridgehead atoms. The number of aromatic nitrogens is 1. The lowest BCUT2D eigenvalue weighted by Gasteiger charge is -2.51. The standard InChI is InChI=1S/C24H29N3O2/c1-29-20-7-5-18(6-8-20)21-16-27(22(28)9-4-17-3-2-12-25-15-17)23-19-10-13-26(14-11-19)24(21)23/h2-3,5-8,12,15,19,21,23-24H,4,9-11,13-14,16H2,1H3/t21-,23+,24+/m0/s1. The van der Waals surface area contributed by atoms with Crippen molar-refractivity contribution < 1.29 is 9.53 Å². The van der Waals surface area contributed by atoms with E-state index in [0.29, 0.717) is 36.2 Å². The maximum Gasteiger partial charge on any atom is 0.223 e. The van der Waals surface area contributed by atoms with Gasteiger partial charge in [-0.1, -0.05) is 18.2 Å². The molecule has 5 nitrogen and oxygen atoms in total. The molecule has 0 unspecified atom stereocenters. The molecule has 0 aliphatic carbocycles. The second-order valence-electron chi connectivity index (χ2n) is 8.64. The molecular weight excluding hydrogens is 362 g/mol. The van der Waals surface area contributed by atoms with Crippen LogP contribution in [0.3, 0.4) is 0 Å². The van der Waals surface area contributed by atoms with Crippen molar-refractivity contribution in [2.45, 2.75) is 43.7 Å². The van der Waals surface area contributed by atoms with E-state index in [1.165, 1.54) is 31.5 Å². The van der Waals surface area contributed by atoms with Crippen LogP contribution >= 0.6 is 0 Å². The first-order valence-corrected chi connectivity index (χ1v) is 10.8. The Labute approximate surface area is 172 Å². The number of hydrogen-bond acceptors (Lipinski definition) is 4. The molecule has 1 amide bonds. The number of methoxy groups -OCH3 is 1. The average molecular weight is 392 g/mol. The van der Waals surface area contributed by atoms with E-state index >= 15 is 0 Å². The molecule has 4 aliphatic heterocycles. The molecule has 4 aliphatic rings. The number of nitrogens with zero attached hydrogens (tertiary/aromatic N) is 3. The molecule has 0 N–H and O–H groups in total. The monoisotopic (exact) mass is 391 g/mol. The smallest absolute Gasteiger partial charge is 0.223 e. The summed E-state index contributed by atoms with van der Waals surface area (Å²) >= 11 is 0. The van der Waals surface area contributed by atoms with E-state index < -0.39 is 0 Å². The summed E-state index contributed by atoms with van der Waals surface area (Å²) in [5.41, 5.74) is 2.47. The number of piperidine rings is 3. The molecule has 1 aromatic heterocycles. The first-order chi connectivity index (χ1) is 14.2. The Morgan fingerprint density at radius 1 is 1.14 bits per heavy atom. The van der Waals surface area contributed by atoms with Gasteiger partial charge in [-0.3, -0.25) is 14.7 Å². The van der Waals surface area contributed by atoms with Crippen molar-refractivity contribution in [1.82, 2.24) is 14.8 Å². The van der Waals surface area contributed by atoms with Crippen LogP contribution in [0.15, 0.2) is 48.8 Å². The van der Waals surface area contributed by atoms with Crippen molar-refractivity contribution in [3.05, 3.63) is 59.9 Å². The highest BCUT2D eigenvalue weighted by Crippen LogP contribution is 2.46. The van der Waals surface area contributed by atoms with Gasteiger partial charge in [-0.25, -0.2) is 0 Å². The quantitative estimate of drug-likeness (QED) is 0.786. The lowest BCUT2D eigenvalue weighted by molar-refractivity contribution is -0.135. The number of likely N-dealkylation sites (tertiary alicyclic amines) is 1. The third-order valence-corrected chi connectivity index (χ3v) is 7.21. The zero-order valence-corrected chi connectivity index (χ0v) is 17.0. The second-order valence-corrected chi connectivity index (χ2v) is 8.64. The van der Waals surface area contributed by atoms with Crippen LogP contribution in [-0.4, -0.2) is 59.5 Å². The molecule has 2 aromatic rings. The van der Waals surface area contributed by atoms with Gasteiger partial charge in [0.2, 0.25) is 5.91 Å². The lowest BCUT2D eigenvalue weighted by Crippen LogP contribution is -2.60. The minimum Gasteiger partial charge on any atom is -0.497 e. The Bertz CT molecular complexity index is 846. The summed E-state index contributed by atoms with van der Waals surface area (Å²) in [5, 5.41) is 0. The Morgan fingerprint density at radius 2 is 1.93 bits per heavy atom. The Kier molecular flexibility index (Phi) is 5.00. The molecule has 4 saturated heterocycles. The number of hydrogen-bond donors (Lipinski definition) is 0. The number of carbonyl (C=O) groups excluding carboxylic acids is 1. The number of pyridine rings is 1. The Hall–Kier alpha value is -2.40. The van der Waals surface area contributed by atoms with Crippen molar-refractivity contribution in [2.75, 3.05) is 26.7 Å². The molecule has 5 heteroatoms. The van der Waals surface area contributed by atoms with Crippen molar-refractivity contribution in [3.63, 3.8) is 0 Å². The third kappa shape index (κ3) is 3.42. The minimum atomic E-state index is 0.300. The molecule has 6 rings (SSSR count). The van der Waals surface area contributed by atoms with E-state index in [2.05, 4.69) is 33.0 Å². The van der Waals surface area contributed by atoms with Crippen molar-refractivity contribution >= 4 is 5.91 Å². The van der Waals surface area contributed by atoms with Gasteiger partial charge in [0.15, 0.2) is 0 Å². The van der Waals surface area contributed by atoms with Gasteiger partial charge >= 0.3 is 0 Å². The predicted molar refractivity (Wildman–Crippen MR) is 112 cm³/mol. The fraction of sp³-hybridized carbons (Fsp3) is 0.500. The van der Waals surface area contributed by atoms with E-state index in [1.807, 2.05) is 24.4 Å². The normalized spacial score (nSPS) is 30.2. The first kappa shape index (κ1) is 18.6. The zero-order valence-electron chi connectivity index (χ0n) is 17.0. The predicted octanol–water partition coefficient (Wildman–Crippen LogP) is 3.11. The molecule has 0 saturated carbocycles. The number of carbonyl (C=O) groups is 1. The van der Waals surface area contributed by atoms with E-state index in [1.54, 1.807) is 13.3 Å². The van der Waals surface area contributed by atoms with Gasteiger partial charge in [-0.05, 0) is 67.6 Å². The van der Waals surface area contributed by atoms with E-state index in [0.717, 1.165) is 24.3 Å². The summed E-state index contributed by atoms with van der Waals surface area (Å²) in [6, 6.07) is 13.3. The highest BCUT2D eigenvalue weighted by Gasteiger charge is 2.54. The fourth-order valence-electron chi connectivity index (χ4n) is 5.79. The zero-order chi connectivity index (χ0) is 19.8. The van der Waals surface area contributed by atoms with Gasteiger partial charge in [0.25, 0.3) is 0 Å². The second kappa shape index (κ2) is 7.79. The van der Waals surface area contributed by atoms with Gasteiger partial charge in [0, 0.05) is 37.3 Å². The topological polar surface area (TPSA) is 45.7 Å². The number of aryl methyl sites for hydroxylation is 1. The van der Waals surface area contributed by atoms with Crippen LogP contribution in [0.2, 0.25) is 0 Å². The van der Waals surface area contributed by atoms with E-state index in [4.69, 9.17) is 4.74 Å². The van der Waals surface area contributed by atoms with Crippen LogP contribution < -0.4 is 4.74 Å². The number of benzene rings is 1.